The highest BCUT2D eigenvalue weighted by Gasteiger charge is 2.10. The Morgan fingerprint density at radius 3 is 2.56 bits per heavy atom. The van der Waals surface area contributed by atoms with E-state index in [0.29, 0.717) is 16.8 Å². The van der Waals surface area contributed by atoms with Crippen LogP contribution in [0.5, 0.6) is 0 Å². The van der Waals surface area contributed by atoms with Gasteiger partial charge in [-0.05, 0) is 19.1 Å². The van der Waals surface area contributed by atoms with Crippen molar-refractivity contribution < 1.29 is 4.42 Å². The number of aromatic nitrogens is 4. The second-order valence-corrected chi connectivity index (χ2v) is 6.57. The summed E-state index contributed by atoms with van der Waals surface area (Å²) < 4.78 is 5.58. The standard InChI is InChI=1S/C19H16N4OS/c1-13-7-9-15(10-8-13)18-20-16(11-24-18)12-25-19-21-17(22-23-19)14-5-3-2-4-6-14/h2-11H,12H2,1H3,(H,21,22,23). The van der Waals surface area contributed by atoms with E-state index in [2.05, 4.69) is 27.1 Å². The Kier molecular flexibility index (Phi) is 4.35. The van der Waals surface area contributed by atoms with E-state index in [1.54, 1.807) is 6.26 Å². The van der Waals surface area contributed by atoms with E-state index in [9.17, 15) is 0 Å². The number of H-pyrrole nitrogens is 1. The molecule has 0 amide bonds. The molecule has 2 aromatic heterocycles. The maximum atomic E-state index is 5.58. The number of aryl methyl sites for hydroxylation is 1. The summed E-state index contributed by atoms with van der Waals surface area (Å²) in [6.45, 7) is 2.06. The molecule has 0 aliphatic rings. The number of thioether (sulfide) groups is 1. The lowest BCUT2D eigenvalue weighted by atomic mass is 10.1. The predicted octanol–water partition coefficient (Wildman–Crippen LogP) is 4.73. The van der Waals surface area contributed by atoms with Gasteiger partial charge in [-0.25, -0.2) is 9.97 Å². The molecule has 0 unspecified atom stereocenters. The molecule has 0 atom stereocenters. The van der Waals surface area contributed by atoms with Crippen LogP contribution in [0.4, 0.5) is 0 Å². The van der Waals surface area contributed by atoms with Crippen molar-refractivity contribution in [1.82, 2.24) is 20.2 Å². The van der Waals surface area contributed by atoms with Crippen LogP contribution in [0.3, 0.4) is 0 Å². The highest BCUT2D eigenvalue weighted by Crippen LogP contribution is 2.24. The largest absolute Gasteiger partial charge is 0.444 e. The van der Waals surface area contributed by atoms with Gasteiger partial charge in [-0.1, -0.05) is 59.8 Å². The molecule has 0 saturated heterocycles. The SMILES string of the molecule is Cc1ccc(-c2nc(CSc3n[nH]c(-c4ccccc4)n3)co2)cc1. The first-order valence-corrected chi connectivity index (χ1v) is 8.88. The van der Waals surface area contributed by atoms with Gasteiger partial charge in [0.05, 0.1) is 5.69 Å². The molecular formula is C19H16N4OS. The zero-order valence-electron chi connectivity index (χ0n) is 13.6. The Bertz CT molecular complexity index is 961. The summed E-state index contributed by atoms with van der Waals surface area (Å²) in [6.07, 6.45) is 1.69. The third-order valence-corrected chi connectivity index (χ3v) is 4.59. The van der Waals surface area contributed by atoms with Crippen LogP contribution in [0.15, 0.2) is 70.4 Å². The molecule has 2 heterocycles. The molecule has 0 bridgehead atoms. The lowest BCUT2D eigenvalue weighted by Gasteiger charge is -1.95. The van der Waals surface area contributed by atoms with Gasteiger partial charge in [-0.15, -0.1) is 5.10 Å². The predicted molar refractivity (Wildman–Crippen MR) is 98.1 cm³/mol. The third-order valence-electron chi connectivity index (χ3n) is 3.71. The van der Waals surface area contributed by atoms with E-state index >= 15 is 0 Å². The average Bonchev–Trinajstić information content (AvgIpc) is 3.31. The minimum absolute atomic E-state index is 0.635. The monoisotopic (exact) mass is 348 g/mol. The number of hydrogen-bond acceptors (Lipinski definition) is 5. The van der Waals surface area contributed by atoms with Crippen LogP contribution in [-0.2, 0) is 5.75 Å². The molecule has 0 radical (unpaired) electrons. The lowest BCUT2D eigenvalue weighted by molar-refractivity contribution is 0.573. The van der Waals surface area contributed by atoms with Gasteiger partial charge in [0.1, 0.15) is 6.26 Å². The van der Waals surface area contributed by atoms with Crippen molar-refractivity contribution in [1.29, 1.82) is 0 Å². The number of aromatic amines is 1. The normalized spacial score (nSPS) is 10.9. The fourth-order valence-electron chi connectivity index (χ4n) is 2.38. The van der Waals surface area contributed by atoms with Crippen molar-refractivity contribution >= 4 is 11.8 Å². The lowest BCUT2D eigenvalue weighted by Crippen LogP contribution is -1.84. The smallest absolute Gasteiger partial charge is 0.226 e. The van der Waals surface area contributed by atoms with E-state index in [-0.39, 0.29) is 0 Å². The Morgan fingerprint density at radius 1 is 0.960 bits per heavy atom. The summed E-state index contributed by atoms with van der Waals surface area (Å²) in [5.74, 6) is 2.06. The summed E-state index contributed by atoms with van der Waals surface area (Å²) in [6, 6.07) is 18.1. The molecule has 6 heteroatoms. The second-order valence-electron chi connectivity index (χ2n) is 5.63. The van der Waals surface area contributed by atoms with Gasteiger partial charge < -0.3 is 4.42 Å². The minimum Gasteiger partial charge on any atom is -0.444 e. The van der Waals surface area contributed by atoms with Gasteiger partial charge in [0.25, 0.3) is 0 Å². The first-order chi connectivity index (χ1) is 12.3. The zero-order valence-corrected chi connectivity index (χ0v) is 14.5. The van der Waals surface area contributed by atoms with Crippen molar-refractivity contribution in [2.24, 2.45) is 0 Å². The molecule has 124 valence electrons. The summed E-state index contributed by atoms with van der Waals surface area (Å²) >= 11 is 1.52. The van der Waals surface area contributed by atoms with Gasteiger partial charge in [-0.3, -0.25) is 5.10 Å². The Balaban J connectivity index is 1.42. The van der Waals surface area contributed by atoms with E-state index < -0.39 is 0 Å². The molecule has 2 aromatic carbocycles. The van der Waals surface area contributed by atoms with E-state index in [4.69, 9.17) is 4.42 Å². The number of benzene rings is 2. The topological polar surface area (TPSA) is 67.6 Å². The first-order valence-electron chi connectivity index (χ1n) is 7.90. The number of rotatable bonds is 5. The van der Waals surface area contributed by atoms with Crippen LogP contribution in [0.25, 0.3) is 22.8 Å². The summed E-state index contributed by atoms with van der Waals surface area (Å²) in [4.78, 5) is 9.05. The van der Waals surface area contributed by atoms with Crippen LogP contribution in [-0.4, -0.2) is 20.2 Å². The molecule has 0 spiro atoms. The van der Waals surface area contributed by atoms with Gasteiger partial charge in [0, 0.05) is 16.9 Å². The van der Waals surface area contributed by atoms with Crippen molar-refractivity contribution in [3.05, 3.63) is 72.1 Å². The van der Waals surface area contributed by atoms with Crippen molar-refractivity contribution in [2.45, 2.75) is 17.8 Å². The molecule has 0 saturated carbocycles. The Morgan fingerprint density at radius 2 is 1.76 bits per heavy atom. The van der Waals surface area contributed by atoms with E-state index in [1.807, 2.05) is 54.6 Å². The Hall–Kier alpha value is -2.86. The number of oxazole rings is 1. The maximum Gasteiger partial charge on any atom is 0.226 e. The second kappa shape index (κ2) is 6.94. The summed E-state index contributed by atoms with van der Waals surface area (Å²) in [5.41, 5.74) is 4.08. The van der Waals surface area contributed by atoms with Crippen LogP contribution in [0, 0.1) is 6.92 Å². The quantitative estimate of drug-likeness (QED) is 0.528. The van der Waals surface area contributed by atoms with Crippen molar-refractivity contribution in [3.63, 3.8) is 0 Å². The number of nitrogens with one attached hydrogen (secondary N) is 1. The molecular weight excluding hydrogens is 332 g/mol. The van der Waals surface area contributed by atoms with Crippen LogP contribution >= 0.6 is 11.8 Å². The first kappa shape index (κ1) is 15.7. The molecule has 0 aliphatic carbocycles. The van der Waals surface area contributed by atoms with Gasteiger partial charge >= 0.3 is 0 Å². The van der Waals surface area contributed by atoms with Gasteiger partial charge in [-0.2, -0.15) is 0 Å². The van der Waals surface area contributed by atoms with Gasteiger partial charge in [0.2, 0.25) is 11.0 Å². The molecule has 0 aliphatic heterocycles. The van der Waals surface area contributed by atoms with Crippen LogP contribution in [0.1, 0.15) is 11.3 Å². The average molecular weight is 348 g/mol. The molecule has 1 N–H and O–H groups in total. The molecule has 0 fully saturated rings. The number of hydrogen-bond donors (Lipinski definition) is 1. The van der Waals surface area contributed by atoms with Crippen molar-refractivity contribution in [2.75, 3.05) is 0 Å². The van der Waals surface area contributed by atoms with Crippen LogP contribution < -0.4 is 0 Å². The Labute approximate surface area is 149 Å². The number of nitrogens with zero attached hydrogens (tertiary/aromatic N) is 3. The fourth-order valence-corrected chi connectivity index (χ4v) is 3.05. The summed E-state index contributed by atoms with van der Waals surface area (Å²) in [7, 11) is 0. The highest BCUT2D eigenvalue weighted by molar-refractivity contribution is 7.98. The maximum absolute atomic E-state index is 5.58. The third kappa shape index (κ3) is 3.64. The van der Waals surface area contributed by atoms with Gasteiger partial charge in [0.15, 0.2) is 5.82 Å². The fraction of sp³-hybridized carbons (Fsp3) is 0.105. The highest BCUT2D eigenvalue weighted by atomic mass is 32.2. The molecule has 25 heavy (non-hydrogen) atoms. The van der Waals surface area contributed by atoms with Crippen molar-refractivity contribution in [3.8, 4) is 22.8 Å². The molecule has 5 nitrogen and oxygen atoms in total. The zero-order chi connectivity index (χ0) is 17.1. The summed E-state index contributed by atoms with van der Waals surface area (Å²) in [5, 5.41) is 7.91. The molecule has 4 rings (SSSR count). The minimum atomic E-state index is 0.635. The van der Waals surface area contributed by atoms with E-state index in [1.165, 1.54) is 17.3 Å². The van der Waals surface area contributed by atoms with Crippen LogP contribution in [0.2, 0.25) is 0 Å². The van der Waals surface area contributed by atoms with E-state index in [0.717, 1.165) is 22.6 Å². The molecule has 4 aromatic rings.